The molecular weight excluding hydrogens is 288 g/mol. The van der Waals surface area contributed by atoms with E-state index in [1.165, 1.54) is 0 Å². The first-order valence-electron chi connectivity index (χ1n) is 7.37. The van der Waals surface area contributed by atoms with Crippen molar-refractivity contribution in [1.82, 2.24) is 19.5 Å². The Morgan fingerprint density at radius 3 is 2.62 bits per heavy atom. The maximum Gasteiger partial charge on any atom is 0.242 e. The summed E-state index contributed by atoms with van der Waals surface area (Å²) in [5, 5.41) is 3.20. The summed E-state index contributed by atoms with van der Waals surface area (Å²) >= 11 is 0. The van der Waals surface area contributed by atoms with Crippen LogP contribution in [-0.2, 0) is 23.6 Å². The third kappa shape index (κ3) is 6.17. The van der Waals surface area contributed by atoms with E-state index in [4.69, 9.17) is 0 Å². The zero-order chi connectivity index (χ0) is 15.9. The molecule has 0 fully saturated rings. The summed E-state index contributed by atoms with van der Waals surface area (Å²) in [6.07, 6.45) is 3.49. The molecule has 21 heavy (non-hydrogen) atoms. The number of hydrogen-bond acceptors (Lipinski definition) is 4. The van der Waals surface area contributed by atoms with Gasteiger partial charge in [-0.25, -0.2) is 13.1 Å². The lowest BCUT2D eigenvalue weighted by molar-refractivity contribution is 0.394. The Morgan fingerprint density at radius 1 is 1.29 bits per heavy atom. The quantitative estimate of drug-likeness (QED) is 0.625. The first-order chi connectivity index (χ1) is 9.86. The number of sulfonamides is 1. The Kier molecular flexibility index (Phi) is 7.37. The summed E-state index contributed by atoms with van der Waals surface area (Å²) in [6, 6.07) is 1.73. The Bertz CT molecular complexity index is 523. The van der Waals surface area contributed by atoms with Gasteiger partial charge in [-0.2, -0.15) is 0 Å². The van der Waals surface area contributed by atoms with Gasteiger partial charge in [-0.05, 0) is 46.1 Å². The number of hydrogen-bond donors (Lipinski definition) is 2. The molecule has 1 rings (SSSR count). The number of aryl methyl sites for hydroxylation is 1. The fourth-order valence-electron chi connectivity index (χ4n) is 2.00. The Hall–Kier alpha value is -0.890. The minimum absolute atomic E-state index is 0.338. The topological polar surface area (TPSA) is 66.4 Å². The molecule has 6 nitrogen and oxygen atoms in total. The van der Waals surface area contributed by atoms with Crippen molar-refractivity contribution < 1.29 is 8.42 Å². The van der Waals surface area contributed by atoms with Crippen molar-refractivity contribution in [3.8, 4) is 0 Å². The lowest BCUT2D eigenvalue weighted by atomic mass is 10.3. The highest BCUT2D eigenvalue weighted by Gasteiger charge is 2.16. The van der Waals surface area contributed by atoms with Gasteiger partial charge in [-0.15, -0.1) is 0 Å². The van der Waals surface area contributed by atoms with Gasteiger partial charge in [0.1, 0.15) is 0 Å². The zero-order valence-corrected chi connectivity index (χ0v) is 14.3. The smallest absolute Gasteiger partial charge is 0.242 e. The van der Waals surface area contributed by atoms with E-state index in [-0.39, 0.29) is 0 Å². The SMILES string of the molecule is CCNCc1cc(S(=O)(=O)NCCCCN(C)C)cn1C. The van der Waals surface area contributed by atoms with Crippen molar-refractivity contribution in [2.24, 2.45) is 7.05 Å². The van der Waals surface area contributed by atoms with E-state index < -0.39 is 10.0 Å². The Morgan fingerprint density at radius 2 is 2.00 bits per heavy atom. The molecule has 1 aromatic heterocycles. The average Bonchev–Trinajstić information content (AvgIpc) is 2.77. The lowest BCUT2D eigenvalue weighted by Gasteiger charge is -2.09. The molecule has 0 saturated heterocycles. The molecule has 7 heteroatoms. The van der Waals surface area contributed by atoms with Gasteiger partial charge < -0.3 is 14.8 Å². The van der Waals surface area contributed by atoms with Crippen LogP contribution in [-0.4, -0.2) is 51.6 Å². The van der Waals surface area contributed by atoms with Crippen LogP contribution >= 0.6 is 0 Å². The molecule has 0 aromatic carbocycles. The second kappa shape index (κ2) is 8.53. The van der Waals surface area contributed by atoms with E-state index >= 15 is 0 Å². The highest BCUT2D eigenvalue weighted by atomic mass is 32.2. The van der Waals surface area contributed by atoms with Crippen molar-refractivity contribution >= 4 is 10.0 Å². The van der Waals surface area contributed by atoms with Gasteiger partial charge in [-0.1, -0.05) is 6.92 Å². The van der Waals surface area contributed by atoms with E-state index in [0.29, 0.717) is 18.0 Å². The molecule has 0 spiro atoms. The maximum atomic E-state index is 12.2. The third-order valence-electron chi connectivity index (χ3n) is 3.27. The van der Waals surface area contributed by atoms with Crippen LogP contribution < -0.4 is 10.0 Å². The summed E-state index contributed by atoms with van der Waals surface area (Å²) in [5.41, 5.74) is 0.963. The number of rotatable bonds is 10. The minimum atomic E-state index is -3.40. The molecule has 2 N–H and O–H groups in total. The molecule has 0 aliphatic rings. The van der Waals surface area contributed by atoms with Crippen LogP contribution in [0.25, 0.3) is 0 Å². The van der Waals surface area contributed by atoms with Crippen LogP contribution in [0.4, 0.5) is 0 Å². The summed E-state index contributed by atoms with van der Waals surface area (Å²) < 4.78 is 28.9. The molecular formula is C14H28N4O2S. The molecule has 0 aliphatic carbocycles. The van der Waals surface area contributed by atoms with Gasteiger partial charge in [-0.3, -0.25) is 0 Å². The highest BCUT2D eigenvalue weighted by Crippen LogP contribution is 2.13. The average molecular weight is 316 g/mol. The summed E-state index contributed by atoms with van der Waals surface area (Å²) in [7, 11) is 2.49. The van der Waals surface area contributed by atoms with Gasteiger partial charge in [0.15, 0.2) is 0 Å². The molecule has 1 heterocycles. The van der Waals surface area contributed by atoms with Crippen molar-refractivity contribution in [2.45, 2.75) is 31.2 Å². The van der Waals surface area contributed by atoms with Crippen LogP contribution in [0.1, 0.15) is 25.5 Å². The molecule has 0 radical (unpaired) electrons. The maximum absolute atomic E-state index is 12.2. The van der Waals surface area contributed by atoms with E-state index in [1.54, 1.807) is 12.3 Å². The molecule has 0 aliphatic heterocycles. The van der Waals surface area contributed by atoms with Crippen LogP contribution in [0.3, 0.4) is 0 Å². The largest absolute Gasteiger partial charge is 0.352 e. The van der Waals surface area contributed by atoms with Crippen molar-refractivity contribution in [2.75, 3.05) is 33.7 Å². The fraction of sp³-hybridized carbons (Fsp3) is 0.714. The first-order valence-corrected chi connectivity index (χ1v) is 8.85. The van der Waals surface area contributed by atoms with E-state index in [2.05, 4.69) is 14.9 Å². The second-order valence-corrected chi connectivity index (χ2v) is 7.23. The molecule has 0 atom stereocenters. The van der Waals surface area contributed by atoms with Crippen LogP contribution in [0.15, 0.2) is 17.2 Å². The van der Waals surface area contributed by atoms with E-state index in [1.807, 2.05) is 32.6 Å². The van der Waals surface area contributed by atoms with Crippen molar-refractivity contribution in [3.05, 3.63) is 18.0 Å². The highest BCUT2D eigenvalue weighted by molar-refractivity contribution is 7.89. The minimum Gasteiger partial charge on any atom is -0.352 e. The van der Waals surface area contributed by atoms with Gasteiger partial charge in [0.05, 0.1) is 4.90 Å². The number of unbranched alkanes of at least 4 members (excludes halogenated alkanes) is 1. The number of aromatic nitrogens is 1. The molecule has 122 valence electrons. The second-order valence-electron chi connectivity index (χ2n) is 5.47. The van der Waals surface area contributed by atoms with Gasteiger partial charge >= 0.3 is 0 Å². The van der Waals surface area contributed by atoms with E-state index in [9.17, 15) is 8.42 Å². The number of nitrogens with one attached hydrogen (secondary N) is 2. The predicted octanol–water partition coefficient (Wildman–Crippen LogP) is 0.755. The molecule has 0 amide bonds. The molecule has 0 bridgehead atoms. The Balaban J connectivity index is 2.54. The normalized spacial score (nSPS) is 12.2. The number of nitrogens with zero attached hydrogens (tertiary/aromatic N) is 2. The monoisotopic (exact) mass is 316 g/mol. The molecule has 1 aromatic rings. The van der Waals surface area contributed by atoms with Crippen LogP contribution in [0.5, 0.6) is 0 Å². The van der Waals surface area contributed by atoms with Gasteiger partial charge in [0.25, 0.3) is 0 Å². The third-order valence-corrected chi connectivity index (χ3v) is 4.70. The van der Waals surface area contributed by atoms with E-state index in [0.717, 1.165) is 31.6 Å². The van der Waals surface area contributed by atoms with Crippen molar-refractivity contribution in [3.63, 3.8) is 0 Å². The molecule has 0 saturated carbocycles. The zero-order valence-electron chi connectivity index (χ0n) is 13.5. The summed E-state index contributed by atoms with van der Waals surface area (Å²) in [6.45, 7) is 5.01. The molecule has 0 unspecified atom stereocenters. The first kappa shape index (κ1) is 18.2. The fourth-order valence-corrected chi connectivity index (χ4v) is 3.16. The predicted molar refractivity (Wildman–Crippen MR) is 85.8 cm³/mol. The summed E-state index contributed by atoms with van der Waals surface area (Å²) in [5.74, 6) is 0. The Labute approximate surface area is 128 Å². The van der Waals surface area contributed by atoms with Crippen LogP contribution in [0, 0.1) is 0 Å². The standard InChI is InChI=1S/C14H28N4O2S/c1-5-15-11-13-10-14(12-18(13)4)21(19,20)16-8-6-7-9-17(2)3/h10,12,15-16H,5-9,11H2,1-4H3. The van der Waals surface area contributed by atoms with Crippen LogP contribution in [0.2, 0.25) is 0 Å². The lowest BCUT2D eigenvalue weighted by Crippen LogP contribution is -2.25. The van der Waals surface area contributed by atoms with Gasteiger partial charge in [0.2, 0.25) is 10.0 Å². The van der Waals surface area contributed by atoms with Gasteiger partial charge in [0, 0.05) is 32.0 Å². The van der Waals surface area contributed by atoms with Crippen molar-refractivity contribution in [1.29, 1.82) is 0 Å². The summed E-state index contributed by atoms with van der Waals surface area (Å²) in [4.78, 5) is 2.43.